The van der Waals surface area contributed by atoms with Crippen LogP contribution in [-0.4, -0.2) is 37.2 Å². The van der Waals surface area contributed by atoms with E-state index in [0.29, 0.717) is 6.42 Å². The van der Waals surface area contributed by atoms with Crippen LogP contribution in [0.25, 0.3) is 0 Å². The van der Waals surface area contributed by atoms with Gasteiger partial charge in [0, 0.05) is 19.0 Å². The zero-order valence-corrected chi connectivity index (χ0v) is 16.9. The number of alkyl carbamates (subject to hydrolysis) is 1. The number of hydrogen-bond donors (Lipinski definition) is 2. The minimum absolute atomic E-state index is 0.106. The summed E-state index contributed by atoms with van der Waals surface area (Å²) in [5.41, 5.74) is 1.74. The molecule has 2 aromatic rings. The summed E-state index contributed by atoms with van der Waals surface area (Å²) < 4.78 is 10.0. The van der Waals surface area contributed by atoms with Gasteiger partial charge in [0.25, 0.3) is 0 Å². The van der Waals surface area contributed by atoms with Crippen molar-refractivity contribution in [3.8, 4) is 0 Å². The van der Waals surface area contributed by atoms with E-state index in [2.05, 4.69) is 10.6 Å². The molecule has 0 radical (unpaired) electrons. The number of ether oxygens (including phenoxy) is 2. The second-order valence-electron chi connectivity index (χ2n) is 6.35. The molecule has 0 fully saturated rings. The largest absolute Gasteiger partial charge is 0.463 e. The lowest BCUT2D eigenvalue weighted by Gasteiger charge is -2.18. The molecule has 0 saturated heterocycles. The van der Waals surface area contributed by atoms with Gasteiger partial charge in [0.1, 0.15) is 12.6 Å². The third-order valence-electron chi connectivity index (χ3n) is 4.04. The molecule has 2 rings (SSSR count). The van der Waals surface area contributed by atoms with Crippen LogP contribution in [0, 0.1) is 0 Å². The number of carbonyl (C=O) groups excluding carboxylic acids is 3. The second kappa shape index (κ2) is 12.8. The van der Waals surface area contributed by atoms with Crippen LogP contribution in [0.1, 0.15) is 18.1 Å². The Hall–Kier alpha value is -3.61. The summed E-state index contributed by atoms with van der Waals surface area (Å²) >= 11 is 0. The maximum Gasteiger partial charge on any atom is 0.408 e. The van der Waals surface area contributed by atoms with Gasteiger partial charge in [0.2, 0.25) is 5.91 Å². The highest BCUT2D eigenvalue weighted by molar-refractivity contribution is 5.86. The number of benzene rings is 2. The molecule has 2 aromatic carbocycles. The summed E-state index contributed by atoms with van der Waals surface area (Å²) in [5, 5.41) is 5.29. The van der Waals surface area contributed by atoms with Crippen molar-refractivity contribution in [2.75, 3.05) is 13.2 Å². The van der Waals surface area contributed by atoms with Gasteiger partial charge in [0.15, 0.2) is 0 Å². The van der Waals surface area contributed by atoms with Gasteiger partial charge in [-0.25, -0.2) is 9.59 Å². The lowest BCUT2D eigenvalue weighted by molar-refractivity contribution is -0.137. The monoisotopic (exact) mass is 410 g/mol. The van der Waals surface area contributed by atoms with Crippen molar-refractivity contribution in [1.82, 2.24) is 10.6 Å². The van der Waals surface area contributed by atoms with Crippen LogP contribution in [0.4, 0.5) is 4.79 Å². The van der Waals surface area contributed by atoms with E-state index >= 15 is 0 Å². The molecule has 30 heavy (non-hydrogen) atoms. The molecule has 0 bridgehead atoms. The molecule has 0 unspecified atom stereocenters. The zero-order valence-electron chi connectivity index (χ0n) is 16.9. The fourth-order valence-corrected chi connectivity index (χ4v) is 2.59. The van der Waals surface area contributed by atoms with Crippen molar-refractivity contribution in [1.29, 1.82) is 0 Å². The molecule has 7 nitrogen and oxygen atoms in total. The summed E-state index contributed by atoms with van der Waals surface area (Å²) in [5.74, 6) is -0.862. The first kappa shape index (κ1) is 22.7. The molecule has 0 spiro atoms. The average molecular weight is 410 g/mol. The van der Waals surface area contributed by atoms with Gasteiger partial charge >= 0.3 is 12.1 Å². The molecule has 2 N–H and O–H groups in total. The average Bonchev–Trinajstić information content (AvgIpc) is 2.76. The molecular weight excluding hydrogens is 384 g/mol. The lowest BCUT2D eigenvalue weighted by Crippen LogP contribution is -2.48. The minimum Gasteiger partial charge on any atom is -0.463 e. The van der Waals surface area contributed by atoms with Crippen LogP contribution in [0.3, 0.4) is 0 Å². The number of rotatable bonds is 10. The predicted octanol–water partition coefficient (Wildman–Crippen LogP) is 2.76. The molecule has 0 aromatic heterocycles. The van der Waals surface area contributed by atoms with Crippen LogP contribution >= 0.6 is 0 Å². The topological polar surface area (TPSA) is 93.7 Å². The number of esters is 1. The van der Waals surface area contributed by atoms with Crippen molar-refractivity contribution in [2.24, 2.45) is 0 Å². The quantitative estimate of drug-likeness (QED) is 0.464. The Morgan fingerprint density at radius 2 is 1.57 bits per heavy atom. The lowest BCUT2D eigenvalue weighted by atomic mass is 10.1. The fraction of sp³-hybridized carbons (Fsp3) is 0.261. The van der Waals surface area contributed by atoms with Crippen LogP contribution < -0.4 is 10.6 Å². The normalized spacial score (nSPS) is 11.5. The number of nitrogens with one attached hydrogen (secondary N) is 2. The van der Waals surface area contributed by atoms with Gasteiger partial charge in [-0.2, -0.15) is 0 Å². The summed E-state index contributed by atoms with van der Waals surface area (Å²) in [6, 6.07) is 17.8. The Morgan fingerprint density at radius 1 is 0.933 bits per heavy atom. The standard InChI is InChI=1S/C23H26N2O5/c1-2-29-21(26)14-9-15-24-22(27)20(16-18-10-5-3-6-11-18)25-23(28)30-17-19-12-7-4-8-13-19/h3-14,20H,2,15-17H2,1H3,(H,24,27)(H,25,28)/b14-9+/t20-/m0/s1. The molecule has 7 heteroatoms. The predicted molar refractivity (Wildman–Crippen MR) is 112 cm³/mol. The third-order valence-corrected chi connectivity index (χ3v) is 4.04. The maximum absolute atomic E-state index is 12.6. The maximum atomic E-state index is 12.6. The smallest absolute Gasteiger partial charge is 0.408 e. The summed E-state index contributed by atoms with van der Waals surface area (Å²) in [4.78, 5) is 36.1. The summed E-state index contributed by atoms with van der Waals surface area (Å²) in [6.07, 6.45) is 2.35. The van der Waals surface area contributed by atoms with E-state index in [4.69, 9.17) is 9.47 Å². The molecule has 0 saturated carbocycles. The Bertz CT molecular complexity index is 837. The van der Waals surface area contributed by atoms with Gasteiger partial charge in [0.05, 0.1) is 6.61 Å². The first-order valence-electron chi connectivity index (χ1n) is 9.70. The molecule has 158 valence electrons. The molecule has 1 atom stereocenters. The van der Waals surface area contributed by atoms with Gasteiger partial charge in [-0.05, 0) is 18.1 Å². The molecule has 2 amide bonds. The SMILES string of the molecule is CCOC(=O)/C=C/CNC(=O)[C@H](Cc1ccccc1)NC(=O)OCc1ccccc1. The first-order chi connectivity index (χ1) is 14.6. The van der Waals surface area contributed by atoms with E-state index in [1.165, 1.54) is 12.2 Å². The molecule has 0 aliphatic rings. The third kappa shape index (κ3) is 8.60. The molecular formula is C23H26N2O5. The van der Waals surface area contributed by atoms with Gasteiger partial charge in [-0.1, -0.05) is 66.7 Å². The Morgan fingerprint density at radius 3 is 2.20 bits per heavy atom. The van der Waals surface area contributed by atoms with Gasteiger partial charge in [-0.3, -0.25) is 4.79 Å². The van der Waals surface area contributed by atoms with Crippen LogP contribution in [0.15, 0.2) is 72.8 Å². The van der Waals surface area contributed by atoms with E-state index in [1.54, 1.807) is 6.92 Å². The van der Waals surface area contributed by atoms with Crippen LogP contribution in [0.5, 0.6) is 0 Å². The highest BCUT2D eigenvalue weighted by Crippen LogP contribution is 2.05. The van der Waals surface area contributed by atoms with Gasteiger partial charge in [-0.15, -0.1) is 0 Å². The van der Waals surface area contributed by atoms with Crippen molar-refractivity contribution >= 4 is 18.0 Å². The van der Waals surface area contributed by atoms with Crippen molar-refractivity contribution in [3.05, 3.63) is 83.9 Å². The Kier molecular flexibility index (Phi) is 9.65. The number of hydrogen-bond acceptors (Lipinski definition) is 5. The highest BCUT2D eigenvalue weighted by atomic mass is 16.5. The Labute approximate surface area is 176 Å². The minimum atomic E-state index is -0.827. The van der Waals surface area contributed by atoms with E-state index in [0.717, 1.165) is 11.1 Å². The summed E-state index contributed by atoms with van der Waals surface area (Å²) in [7, 11) is 0. The summed E-state index contributed by atoms with van der Waals surface area (Å²) in [6.45, 7) is 2.23. The van der Waals surface area contributed by atoms with Gasteiger partial charge < -0.3 is 20.1 Å². The Balaban J connectivity index is 1.92. The fourth-order valence-electron chi connectivity index (χ4n) is 2.59. The van der Waals surface area contributed by atoms with E-state index in [9.17, 15) is 14.4 Å². The first-order valence-corrected chi connectivity index (χ1v) is 9.70. The zero-order chi connectivity index (χ0) is 21.6. The van der Waals surface area contributed by atoms with Crippen molar-refractivity contribution in [2.45, 2.75) is 26.0 Å². The van der Waals surface area contributed by atoms with Crippen LogP contribution in [0.2, 0.25) is 0 Å². The van der Waals surface area contributed by atoms with Crippen molar-refractivity contribution in [3.63, 3.8) is 0 Å². The number of amides is 2. The highest BCUT2D eigenvalue weighted by Gasteiger charge is 2.21. The molecule has 0 aliphatic heterocycles. The molecule has 0 heterocycles. The van der Waals surface area contributed by atoms with E-state index in [1.807, 2.05) is 60.7 Å². The van der Waals surface area contributed by atoms with E-state index in [-0.39, 0.29) is 25.7 Å². The van der Waals surface area contributed by atoms with E-state index < -0.39 is 18.1 Å². The van der Waals surface area contributed by atoms with Crippen LogP contribution in [-0.2, 0) is 32.1 Å². The molecule has 0 aliphatic carbocycles. The second-order valence-corrected chi connectivity index (χ2v) is 6.35. The number of carbonyl (C=O) groups is 3. The van der Waals surface area contributed by atoms with Crippen molar-refractivity contribution < 1.29 is 23.9 Å².